The van der Waals surface area contributed by atoms with Gasteiger partial charge in [0.1, 0.15) is 17.3 Å². The van der Waals surface area contributed by atoms with Crippen LogP contribution in [0.4, 0.5) is 14.5 Å². The first kappa shape index (κ1) is 14.4. The van der Waals surface area contributed by atoms with Gasteiger partial charge in [-0.3, -0.25) is 4.79 Å². The lowest BCUT2D eigenvalue weighted by molar-refractivity contribution is 0.0950. The van der Waals surface area contributed by atoms with Crippen LogP contribution in [0.25, 0.3) is 0 Å². The lowest BCUT2D eigenvalue weighted by Crippen LogP contribution is -2.25. The van der Waals surface area contributed by atoms with E-state index in [9.17, 15) is 13.6 Å². The van der Waals surface area contributed by atoms with E-state index in [0.717, 1.165) is 25.0 Å². The van der Waals surface area contributed by atoms with Crippen LogP contribution in [0.3, 0.4) is 0 Å². The predicted molar refractivity (Wildman–Crippen MR) is 64.2 cm³/mol. The summed E-state index contributed by atoms with van der Waals surface area (Å²) in [6, 6.07) is 1.84. The van der Waals surface area contributed by atoms with Crippen molar-refractivity contribution >= 4 is 11.6 Å². The fourth-order valence-electron chi connectivity index (χ4n) is 1.39. The van der Waals surface area contributed by atoms with Crippen LogP contribution in [0, 0.1) is 11.6 Å². The second kappa shape index (κ2) is 6.90. The Hall–Kier alpha value is -1.69. The smallest absolute Gasteiger partial charge is 0.251 e. The Morgan fingerprint density at radius 1 is 1.33 bits per heavy atom. The first-order valence-electron chi connectivity index (χ1n) is 5.58. The van der Waals surface area contributed by atoms with E-state index in [1.165, 1.54) is 0 Å². The van der Waals surface area contributed by atoms with Crippen LogP contribution in [0.15, 0.2) is 12.1 Å². The molecule has 6 heteroatoms. The van der Waals surface area contributed by atoms with E-state index in [2.05, 4.69) is 5.32 Å². The third-order valence-corrected chi connectivity index (χ3v) is 2.40. The normalized spacial score (nSPS) is 10.4. The molecule has 0 heterocycles. The summed E-state index contributed by atoms with van der Waals surface area (Å²) < 4.78 is 31.1. The topological polar surface area (TPSA) is 64.3 Å². The van der Waals surface area contributed by atoms with E-state index < -0.39 is 23.2 Å². The predicted octanol–water partition coefficient (Wildman–Crippen LogP) is 1.70. The van der Waals surface area contributed by atoms with E-state index in [4.69, 9.17) is 10.5 Å². The number of hydrogen-bond acceptors (Lipinski definition) is 3. The van der Waals surface area contributed by atoms with Gasteiger partial charge in [-0.2, -0.15) is 0 Å². The highest BCUT2D eigenvalue weighted by Crippen LogP contribution is 2.17. The maximum absolute atomic E-state index is 13.1. The van der Waals surface area contributed by atoms with Crippen LogP contribution >= 0.6 is 0 Å². The summed E-state index contributed by atoms with van der Waals surface area (Å²) in [7, 11) is 1.60. The number of carbonyl (C=O) groups is 1. The van der Waals surface area contributed by atoms with Crippen molar-refractivity contribution in [2.75, 3.05) is 26.0 Å². The molecule has 100 valence electrons. The van der Waals surface area contributed by atoms with Gasteiger partial charge in [-0.15, -0.1) is 0 Å². The number of benzene rings is 1. The number of methoxy groups -OCH3 is 1. The van der Waals surface area contributed by atoms with Crippen molar-refractivity contribution in [2.24, 2.45) is 0 Å². The summed E-state index contributed by atoms with van der Waals surface area (Å²) in [5.41, 5.74) is 4.46. The molecule has 0 radical (unpaired) electrons. The number of nitrogens with one attached hydrogen (secondary N) is 1. The van der Waals surface area contributed by atoms with Crippen molar-refractivity contribution in [3.8, 4) is 0 Å². The lowest BCUT2D eigenvalue weighted by atomic mass is 10.1. The minimum atomic E-state index is -0.931. The highest BCUT2D eigenvalue weighted by molar-refractivity contribution is 5.94. The molecule has 0 aromatic heterocycles. The van der Waals surface area contributed by atoms with E-state index in [1.807, 2.05) is 0 Å². The van der Waals surface area contributed by atoms with Crippen LogP contribution in [-0.4, -0.2) is 26.2 Å². The molecular weight excluding hydrogens is 242 g/mol. The SMILES string of the molecule is COCCCCNC(=O)c1cc(F)c(N)c(F)c1. The molecule has 0 aliphatic carbocycles. The monoisotopic (exact) mass is 258 g/mol. The quantitative estimate of drug-likeness (QED) is 0.603. The fraction of sp³-hybridized carbons (Fsp3) is 0.417. The number of rotatable bonds is 6. The fourth-order valence-corrected chi connectivity index (χ4v) is 1.39. The Morgan fingerprint density at radius 2 is 1.94 bits per heavy atom. The average Bonchev–Trinajstić information content (AvgIpc) is 2.34. The Morgan fingerprint density at radius 3 is 2.50 bits per heavy atom. The summed E-state index contributed by atoms with van der Waals surface area (Å²) in [5.74, 6) is -2.38. The maximum Gasteiger partial charge on any atom is 0.251 e. The molecule has 0 fully saturated rings. The molecule has 0 bridgehead atoms. The molecule has 1 amide bonds. The molecule has 0 spiro atoms. The van der Waals surface area contributed by atoms with Crippen LogP contribution in [-0.2, 0) is 4.74 Å². The molecule has 4 nitrogen and oxygen atoms in total. The molecule has 0 aliphatic heterocycles. The minimum Gasteiger partial charge on any atom is -0.394 e. The average molecular weight is 258 g/mol. The zero-order valence-corrected chi connectivity index (χ0v) is 10.1. The molecule has 1 aromatic rings. The molecular formula is C12H16F2N2O2. The number of nitrogen functional groups attached to an aromatic ring is 1. The molecule has 0 saturated carbocycles. The van der Waals surface area contributed by atoms with E-state index in [1.54, 1.807) is 7.11 Å². The summed E-state index contributed by atoms with van der Waals surface area (Å²) in [4.78, 5) is 11.6. The van der Waals surface area contributed by atoms with E-state index >= 15 is 0 Å². The summed E-state index contributed by atoms with van der Waals surface area (Å²) in [5, 5.41) is 2.56. The van der Waals surface area contributed by atoms with Gasteiger partial charge in [0.2, 0.25) is 0 Å². The van der Waals surface area contributed by atoms with Gasteiger partial charge in [0.25, 0.3) is 5.91 Å². The van der Waals surface area contributed by atoms with Crippen LogP contribution in [0.5, 0.6) is 0 Å². The molecule has 0 saturated heterocycles. The Kier molecular flexibility index (Phi) is 5.51. The van der Waals surface area contributed by atoms with Gasteiger partial charge in [-0.1, -0.05) is 0 Å². The first-order valence-corrected chi connectivity index (χ1v) is 5.58. The molecule has 1 rings (SSSR count). The number of ether oxygens (including phenoxy) is 1. The second-order valence-electron chi connectivity index (χ2n) is 3.81. The van der Waals surface area contributed by atoms with Crippen molar-refractivity contribution in [1.29, 1.82) is 0 Å². The van der Waals surface area contributed by atoms with Gasteiger partial charge in [0.15, 0.2) is 0 Å². The van der Waals surface area contributed by atoms with Crippen molar-refractivity contribution in [1.82, 2.24) is 5.32 Å². The van der Waals surface area contributed by atoms with Crippen molar-refractivity contribution in [2.45, 2.75) is 12.8 Å². The molecule has 0 unspecified atom stereocenters. The van der Waals surface area contributed by atoms with Gasteiger partial charge >= 0.3 is 0 Å². The summed E-state index contributed by atoms with van der Waals surface area (Å²) >= 11 is 0. The maximum atomic E-state index is 13.1. The van der Waals surface area contributed by atoms with Gasteiger partial charge < -0.3 is 15.8 Å². The third-order valence-electron chi connectivity index (χ3n) is 2.40. The number of halogens is 2. The molecule has 18 heavy (non-hydrogen) atoms. The van der Waals surface area contributed by atoms with Crippen LogP contribution in [0.1, 0.15) is 23.2 Å². The zero-order chi connectivity index (χ0) is 13.5. The standard InChI is InChI=1S/C12H16F2N2O2/c1-18-5-3-2-4-16-12(17)8-6-9(13)11(15)10(14)7-8/h6-7H,2-5,15H2,1H3,(H,16,17). The molecule has 3 N–H and O–H groups in total. The van der Waals surface area contributed by atoms with E-state index in [-0.39, 0.29) is 5.56 Å². The summed E-state index contributed by atoms with van der Waals surface area (Å²) in [6.45, 7) is 1.04. The van der Waals surface area contributed by atoms with Crippen molar-refractivity contribution < 1.29 is 18.3 Å². The largest absolute Gasteiger partial charge is 0.394 e. The number of amides is 1. The number of carbonyl (C=O) groups excluding carboxylic acids is 1. The molecule has 0 atom stereocenters. The lowest BCUT2D eigenvalue weighted by Gasteiger charge is -2.06. The highest BCUT2D eigenvalue weighted by atomic mass is 19.1. The number of hydrogen-bond donors (Lipinski definition) is 2. The van der Waals surface area contributed by atoms with Gasteiger partial charge in [-0.25, -0.2) is 8.78 Å². The summed E-state index contributed by atoms with van der Waals surface area (Å²) in [6.07, 6.45) is 1.54. The van der Waals surface area contributed by atoms with Gasteiger partial charge in [0, 0.05) is 25.8 Å². The minimum absolute atomic E-state index is 0.0778. The van der Waals surface area contributed by atoms with Gasteiger partial charge in [-0.05, 0) is 25.0 Å². The number of anilines is 1. The Labute approximate surface area is 104 Å². The van der Waals surface area contributed by atoms with Crippen LogP contribution < -0.4 is 11.1 Å². The number of unbranched alkanes of at least 4 members (excludes halogenated alkanes) is 1. The Bertz CT molecular complexity index is 402. The number of nitrogens with two attached hydrogens (primary N) is 1. The van der Waals surface area contributed by atoms with E-state index in [0.29, 0.717) is 13.2 Å². The molecule has 1 aromatic carbocycles. The van der Waals surface area contributed by atoms with Crippen LogP contribution in [0.2, 0.25) is 0 Å². The zero-order valence-electron chi connectivity index (χ0n) is 10.1. The third kappa shape index (κ3) is 3.96. The Balaban J connectivity index is 2.52. The molecule has 0 aliphatic rings. The first-order chi connectivity index (χ1) is 8.56. The van der Waals surface area contributed by atoms with Gasteiger partial charge in [0.05, 0.1) is 0 Å². The van der Waals surface area contributed by atoms with Crippen molar-refractivity contribution in [3.05, 3.63) is 29.3 Å². The highest BCUT2D eigenvalue weighted by Gasteiger charge is 2.12. The van der Waals surface area contributed by atoms with Crippen molar-refractivity contribution in [3.63, 3.8) is 0 Å². The second-order valence-corrected chi connectivity index (χ2v) is 3.81.